The second-order valence-corrected chi connectivity index (χ2v) is 6.25. The van der Waals surface area contributed by atoms with Crippen molar-refractivity contribution in [1.29, 1.82) is 0 Å². The molecule has 4 nitrogen and oxygen atoms in total. The number of nitrogens with zero attached hydrogens (tertiary/aromatic N) is 1. The summed E-state index contributed by atoms with van der Waals surface area (Å²) in [6.07, 6.45) is 7.39. The van der Waals surface area contributed by atoms with Gasteiger partial charge < -0.3 is 9.84 Å². The van der Waals surface area contributed by atoms with Gasteiger partial charge in [-0.25, -0.2) is 0 Å². The van der Waals surface area contributed by atoms with E-state index in [1.54, 1.807) is 0 Å². The molecule has 1 aromatic rings. The summed E-state index contributed by atoms with van der Waals surface area (Å²) in [5, 5.41) is 6.90. The van der Waals surface area contributed by atoms with Crippen molar-refractivity contribution in [3.8, 4) is 0 Å². The minimum absolute atomic E-state index is 0.122. The van der Waals surface area contributed by atoms with Crippen LogP contribution in [-0.4, -0.2) is 17.6 Å². The summed E-state index contributed by atoms with van der Waals surface area (Å²) < 4.78 is 5.10. The molecule has 0 saturated heterocycles. The molecule has 0 atom stereocenters. The average Bonchev–Trinajstić information content (AvgIpc) is 2.74. The van der Waals surface area contributed by atoms with E-state index in [2.05, 4.69) is 24.3 Å². The number of hydrogen-bond donors (Lipinski definition) is 1. The van der Waals surface area contributed by atoms with Crippen LogP contribution in [0.2, 0.25) is 0 Å². The van der Waals surface area contributed by atoms with E-state index in [-0.39, 0.29) is 5.91 Å². The molecule has 0 bridgehead atoms. The quantitative estimate of drug-likeness (QED) is 0.665. The Bertz CT molecular complexity index is 405. The van der Waals surface area contributed by atoms with Crippen LogP contribution in [0, 0.1) is 19.8 Å². The van der Waals surface area contributed by atoms with Gasteiger partial charge in [0.2, 0.25) is 5.91 Å². The summed E-state index contributed by atoms with van der Waals surface area (Å²) >= 11 is 0. The maximum absolute atomic E-state index is 11.8. The number of aromatic nitrogens is 1. The fourth-order valence-electron chi connectivity index (χ4n) is 2.44. The summed E-state index contributed by atoms with van der Waals surface area (Å²) in [5.41, 5.74) is 1.96. The van der Waals surface area contributed by atoms with Gasteiger partial charge in [-0.15, -0.1) is 0 Å². The van der Waals surface area contributed by atoms with Crippen molar-refractivity contribution in [2.75, 3.05) is 6.54 Å². The van der Waals surface area contributed by atoms with E-state index in [0.29, 0.717) is 12.8 Å². The summed E-state index contributed by atoms with van der Waals surface area (Å²) in [4.78, 5) is 11.8. The lowest BCUT2D eigenvalue weighted by molar-refractivity contribution is -0.121. The molecule has 21 heavy (non-hydrogen) atoms. The van der Waals surface area contributed by atoms with E-state index in [1.807, 2.05) is 13.8 Å². The molecule has 1 heterocycles. The van der Waals surface area contributed by atoms with Gasteiger partial charge in [0.15, 0.2) is 0 Å². The fraction of sp³-hybridized carbons (Fsp3) is 0.765. The zero-order valence-corrected chi connectivity index (χ0v) is 14.0. The topological polar surface area (TPSA) is 55.1 Å². The van der Waals surface area contributed by atoms with Gasteiger partial charge in [0, 0.05) is 18.5 Å². The molecular weight excluding hydrogens is 264 g/mol. The second kappa shape index (κ2) is 9.59. The molecule has 1 N–H and O–H groups in total. The van der Waals surface area contributed by atoms with Crippen molar-refractivity contribution in [2.45, 2.75) is 72.6 Å². The van der Waals surface area contributed by atoms with Gasteiger partial charge in [0.25, 0.3) is 0 Å². The Hall–Kier alpha value is -1.32. The van der Waals surface area contributed by atoms with Gasteiger partial charge in [-0.1, -0.05) is 44.7 Å². The number of carbonyl (C=O) groups excluding carboxylic acids is 1. The molecule has 0 aromatic carbocycles. The molecule has 0 fully saturated rings. The molecule has 1 aromatic heterocycles. The van der Waals surface area contributed by atoms with E-state index in [1.165, 1.54) is 25.7 Å². The molecule has 0 radical (unpaired) electrons. The Morgan fingerprint density at radius 2 is 1.90 bits per heavy atom. The molecule has 0 aliphatic heterocycles. The van der Waals surface area contributed by atoms with Crippen LogP contribution in [0.5, 0.6) is 0 Å². The number of hydrogen-bond acceptors (Lipinski definition) is 3. The first kappa shape index (κ1) is 17.7. The van der Waals surface area contributed by atoms with Crippen LogP contribution < -0.4 is 5.32 Å². The lowest BCUT2D eigenvalue weighted by atomic mass is 10.0. The largest absolute Gasteiger partial charge is 0.361 e. The second-order valence-electron chi connectivity index (χ2n) is 6.25. The van der Waals surface area contributed by atoms with Gasteiger partial charge in [-0.2, -0.15) is 0 Å². The highest BCUT2D eigenvalue weighted by Gasteiger charge is 2.10. The Morgan fingerprint density at radius 3 is 2.52 bits per heavy atom. The monoisotopic (exact) mass is 294 g/mol. The van der Waals surface area contributed by atoms with Crippen LogP contribution in [0.15, 0.2) is 4.52 Å². The van der Waals surface area contributed by atoms with Gasteiger partial charge >= 0.3 is 0 Å². The van der Waals surface area contributed by atoms with Crippen molar-refractivity contribution in [3.63, 3.8) is 0 Å². The molecule has 1 amide bonds. The van der Waals surface area contributed by atoms with Gasteiger partial charge in [0.1, 0.15) is 5.76 Å². The lowest BCUT2D eigenvalue weighted by Gasteiger charge is -2.06. The Labute approximate surface area is 128 Å². The van der Waals surface area contributed by atoms with Crippen molar-refractivity contribution >= 4 is 5.91 Å². The summed E-state index contributed by atoms with van der Waals surface area (Å²) in [6.45, 7) is 9.13. The minimum Gasteiger partial charge on any atom is -0.361 e. The van der Waals surface area contributed by atoms with Crippen LogP contribution in [0.3, 0.4) is 0 Å². The number of unbranched alkanes of at least 4 members (excludes halogenated alkanes) is 3. The van der Waals surface area contributed by atoms with Crippen molar-refractivity contribution < 1.29 is 9.32 Å². The van der Waals surface area contributed by atoms with Crippen LogP contribution in [0.1, 0.15) is 69.4 Å². The molecule has 0 aliphatic rings. The highest BCUT2D eigenvalue weighted by molar-refractivity contribution is 5.76. The van der Waals surface area contributed by atoms with Crippen LogP contribution in [-0.2, 0) is 11.2 Å². The first-order valence-corrected chi connectivity index (χ1v) is 8.19. The third-order valence-corrected chi connectivity index (χ3v) is 3.81. The summed E-state index contributed by atoms with van der Waals surface area (Å²) in [5.74, 6) is 1.75. The van der Waals surface area contributed by atoms with E-state index in [9.17, 15) is 4.79 Å². The summed E-state index contributed by atoms with van der Waals surface area (Å²) in [7, 11) is 0. The molecular formula is C17H30N2O2. The zero-order chi connectivity index (χ0) is 15.7. The molecule has 0 saturated carbocycles. The predicted molar refractivity (Wildman–Crippen MR) is 85.2 cm³/mol. The Morgan fingerprint density at radius 1 is 1.19 bits per heavy atom. The number of nitrogens with one attached hydrogen (secondary N) is 1. The Balaban J connectivity index is 2.04. The van der Waals surface area contributed by atoms with Crippen molar-refractivity contribution in [3.05, 3.63) is 17.0 Å². The maximum atomic E-state index is 11.8. The van der Waals surface area contributed by atoms with E-state index < -0.39 is 0 Å². The number of amides is 1. The van der Waals surface area contributed by atoms with E-state index in [0.717, 1.165) is 35.9 Å². The summed E-state index contributed by atoms with van der Waals surface area (Å²) in [6, 6.07) is 0. The average molecular weight is 294 g/mol. The number of rotatable bonds is 10. The molecule has 0 spiro atoms. The van der Waals surface area contributed by atoms with Crippen molar-refractivity contribution in [2.24, 2.45) is 5.92 Å². The molecule has 1 rings (SSSR count). The smallest absolute Gasteiger partial charge is 0.220 e. The predicted octanol–water partition coefficient (Wildman–Crippen LogP) is 3.95. The third kappa shape index (κ3) is 7.30. The number of carbonyl (C=O) groups is 1. The molecule has 0 aliphatic carbocycles. The normalized spacial score (nSPS) is 11.1. The van der Waals surface area contributed by atoms with Crippen LogP contribution >= 0.6 is 0 Å². The van der Waals surface area contributed by atoms with Crippen LogP contribution in [0.4, 0.5) is 0 Å². The number of aryl methyl sites for hydroxylation is 2. The SMILES string of the molecule is Cc1noc(C)c1CCC(=O)NCCCCCCC(C)C. The maximum Gasteiger partial charge on any atom is 0.220 e. The highest BCUT2D eigenvalue weighted by Crippen LogP contribution is 2.14. The first-order chi connectivity index (χ1) is 10.0. The van der Waals surface area contributed by atoms with Crippen LogP contribution in [0.25, 0.3) is 0 Å². The third-order valence-electron chi connectivity index (χ3n) is 3.81. The standard InChI is InChI=1S/C17H30N2O2/c1-13(2)9-7-5-6-8-12-18-17(20)11-10-16-14(3)19-21-15(16)4/h13H,5-12H2,1-4H3,(H,18,20). The van der Waals surface area contributed by atoms with Gasteiger partial charge in [-0.3, -0.25) is 4.79 Å². The van der Waals surface area contributed by atoms with E-state index in [4.69, 9.17) is 4.52 Å². The zero-order valence-electron chi connectivity index (χ0n) is 14.0. The molecule has 0 unspecified atom stereocenters. The first-order valence-electron chi connectivity index (χ1n) is 8.19. The minimum atomic E-state index is 0.122. The molecule has 120 valence electrons. The Kier molecular flexibility index (Phi) is 8.09. The van der Waals surface area contributed by atoms with E-state index >= 15 is 0 Å². The van der Waals surface area contributed by atoms with Gasteiger partial charge in [0.05, 0.1) is 5.69 Å². The highest BCUT2D eigenvalue weighted by atomic mass is 16.5. The van der Waals surface area contributed by atoms with Gasteiger partial charge in [-0.05, 0) is 32.6 Å². The van der Waals surface area contributed by atoms with Crippen molar-refractivity contribution in [1.82, 2.24) is 10.5 Å². The lowest BCUT2D eigenvalue weighted by Crippen LogP contribution is -2.24. The fourth-order valence-corrected chi connectivity index (χ4v) is 2.44. The molecule has 4 heteroatoms.